The minimum absolute atomic E-state index is 0.373. The van der Waals surface area contributed by atoms with E-state index in [0.29, 0.717) is 16.7 Å². The fourth-order valence-electron chi connectivity index (χ4n) is 1.85. The van der Waals surface area contributed by atoms with Crippen LogP contribution in [0.2, 0.25) is 0 Å². The second kappa shape index (κ2) is 5.79. The summed E-state index contributed by atoms with van der Waals surface area (Å²) in [6.45, 7) is 7.25. The van der Waals surface area contributed by atoms with Crippen molar-refractivity contribution in [3.05, 3.63) is 35.6 Å². The van der Waals surface area contributed by atoms with Gasteiger partial charge in [0.05, 0.1) is 5.56 Å². The Hall–Kier alpha value is -1.18. The van der Waals surface area contributed by atoms with E-state index in [-0.39, 0.29) is 6.04 Å². The Bertz CT molecular complexity index is 661. The van der Waals surface area contributed by atoms with Gasteiger partial charge >= 0.3 is 6.18 Å². The zero-order chi connectivity index (χ0) is 16.7. The molecule has 2 atom stereocenters. The molecule has 0 saturated carbocycles. The second-order valence-electron chi connectivity index (χ2n) is 6.12. The van der Waals surface area contributed by atoms with Crippen LogP contribution in [0.5, 0.6) is 0 Å². The smallest absolute Gasteiger partial charge is 0.416 e. The average molecular weight is 333 g/mol. The van der Waals surface area contributed by atoms with E-state index in [9.17, 15) is 17.7 Å². The normalized spacial score (nSPS) is 16.0. The molecule has 0 amide bonds. The van der Waals surface area contributed by atoms with Crippen molar-refractivity contribution < 1.29 is 22.1 Å². The highest BCUT2D eigenvalue weighted by Crippen LogP contribution is 2.33. The molecule has 0 radical (unpaired) electrons. The summed E-state index contributed by atoms with van der Waals surface area (Å²) < 4.78 is 58.2. The fourth-order valence-corrected chi connectivity index (χ4v) is 2.64. The summed E-state index contributed by atoms with van der Waals surface area (Å²) in [6, 6.07) is 4.51. The van der Waals surface area contributed by atoms with Crippen LogP contribution >= 0.6 is 0 Å². The summed E-state index contributed by atoms with van der Waals surface area (Å²) in [7, 11) is 0. The van der Waals surface area contributed by atoms with E-state index in [1.54, 1.807) is 13.0 Å². The Labute approximate surface area is 130 Å². The van der Waals surface area contributed by atoms with Gasteiger partial charge in [-0.1, -0.05) is 0 Å². The molecular weight excluding hydrogens is 315 g/mol. The molecule has 2 rings (SSSR count). The van der Waals surface area contributed by atoms with Gasteiger partial charge in [-0.25, -0.2) is 0 Å². The first kappa shape index (κ1) is 17.2. The van der Waals surface area contributed by atoms with Gasteiger partial charge in [0.25, 0.3) is 0 Å². The van der Waals surface area contributed by atoms with Crippen LogP contribution in [0.3, 0.4) is 0 Å². The highest BCUT2D eigenvalue weighted by molar-refractivity contribution is 7.90. The topological polar surface area (TPSA) is 48.2 Å². The first-order valence-electron chi connectivity index (χ1n) is 6.77. The molecule has 2 aromatic rings. The second-order valence-corrected chi connectivity index (χ2v) is 8.12. The molecule has 7 heteroatoms. The monoisotopic (exact) mass is 333 g/mol. The predicted octanol–water partition coefficient (Wildman–Crippen LogP) is 4.56. The van der Waals surface area contributed by atoms with Crippen molar-refractivity contribution in [1.29, 1.82) is 0 Å². The van der Waals surface area contributed by atoms with Crippen LogP contribution in [-0.4, -0.2) is 9.30 Å². The summed E-state index contributed by atoms with van der Waals surface area (Å²) in [4.78, 5) is 0. The molecule has 0 aliphatic rings. The lowest BCUT2D eigenvalue weighted by molar-refractivity contribution is -0.137. The highest BCUT2D eigenvalue weighted by atomic mass is 32.2. The third-order valence-corrected chi connectivity index (χ3v) is 4.81. The van der Waals surface area contributed by atoms with E-state index in [1.807, 2.05) is 20.8 Å². The summed E-state index contributed by atoms with van der Waals surface area (Å²) >= 11 is -1.30. The minimum atomic E-state index is -4.39. The number of alkyl halides is 3. The van der Waals surface area contributed by atoms with E-state index >= 15 is 0 Å². The largest absolute Gasteiger partial charge is 0.598 e. The van der Waals surface area contributed by atoms with Gasteiger partial charge in [-0.3, -0.25) is 0 Å². The van der Waals surface area contributed by atoms with Crippen LogP contribution in [0.15, 0.2) is 28.7 Å². The molecule has 0 aliphatic heterocycles. The molecule has 0 bridgehead atoms. The Kier molecular flexibility index (Phi) is 4.52. The summed E-state index contributed by atoms with van der Waals surface area (Å²) in [5, 5.41) is 0.375. The lowest BCUT2D eigenvalue weighted by Crippen LogP contribution is -2.40. The summed E-state index contributed by atoms with van der Waals surface area (Å²) in [5.74, 6) is 0.451. The molecule has 0 fully saturated rings. The average Bonchev–Trinajstić information content (AvgIpc) is 2.79. The fraction of sp³-hybridized carbons (Fsp3) is 0.467. The standard InChI is InChI=1S/C15H18F3NO2S/c1-9(19-22(20)14(2,3)4)13-8-10-7-11(15(16,17)18)5-6-12(10)21-13/h5-9,19H,1-4H3/t9?,22-/m0/s1. The minimum Gasteiger partial charge on any atom is -0.598 e. The van der Waals surface area contributed by atoms with E-state index in [1.165, 1.54) is 6.07 Å². The molecule has 1 aromatic heterocycles. The van der Waals surface area contributed by atoms with Gasteiger partial charge < -0.3 is 8.97 Å². The SMILES string of the molecule is CC(N[S@@+]([O-])C(C)(C)C)c1cc2cc(C(F)(F)F)ccc2o1. The predicted molar refractivity (Wildman–Crippen MR) is 80.7 cm³/mol. The number of hydrogen-bond acceptors (Lipinski definition) is 3. The van der Waals surface area contributed by atoms with Crippen LogP contribution in [0.4, 0.5) is 13.2 Å². The molecule has 1 unspecified atom stereocenters. The number of rotatable bonds is 3. The van der Waals surface area contributed by atoms with Gasteiger partial charge in [0.15, 0.2) is 0 Å². The molecule has 1 aromatic carbocycles. The molecule has 0 spiro atoms. The van der Waals surface area contributed by atoms with E-state index in [2.05, 4.69) is 4.72 Å². The van der Waals surface area contributed by atoms with Crippen LogP contribution in [-0.2, 0) is 17.5 Å². The molecule has 1 heterocycles. The maximum atomic E-state index is 12.7. The number of fused-ring (bicyclic) bond motifs is 1. The van der Waals surface area contributed by atoms with Gasteiger partial charge in [0, 0.05) is 16.7 Å². The van der Waals surface area contributed by atoms with Crippen molar-refractivity contribution in [1.82, 2.24) is 4.72 Å². The van der Waals surface area contributed by atoms with Gasteiger partial charge in [-0.15, -0.1) is 4.72 Å². The molecule has 0 aliphatic carbocycles. The first-order valence-corrected chi connectivity index (χ1v) is 7.92. The van der Waals surface area contributed by atoms with Crippen molar-refractivity contribution in [2.75, 3.05) is 0 Å². The number of hydrogen-bond donors (Lipinski definition) is 1. The maximum absolute atomic E-state index is 12.7. The molecule has 0 saturated heterocycles. The highest BCUT2D eigenvalue weighted by Gasteiger charge is 2.32. The number of nitrogens with one attached hydrogen (secondary N) is 1. The first-order chi connectivity index (χ1) is 9.98. The Morgan fingerprint density at radius 3 is 2.36 bits per heavy atom. The van der Waals surface area contributed by atoms with Crippen molar-refractivity contribution in [2.45, 2.75) is 44.7 Å². The Balaban J connectivity index is 2.26. The number of benzene rings is 1. The van der Waals surface area contributed by atoms with Crippen molar-refractivity contribution in [2.24, 2.45) is 0 Å². The van der Waals surface area contributed by atoms with Crippen molar-refractivity contribution >= 4 is 22.3 Å². The lowest BCUT2D eigenvalue weighted by atomic mass is 10.1. The zero-order valence-corrected chi connectivity index (χ0v) is 13.6. The van der Waals surface area contributed by atoms with Gasteiger partial charge in [-0.2, -0.15) is 13.2 Å². The Morgan fingerprint density at radius 2 is 1.82 bits per heavy atom. The maximum Gasteiger partial charge on any atom is 0.416 e. The van der Waals surface area contributed by atoms with Crippen LogP contribution in [0, 0.1) is 0 Å². The van der Waals surface area contributed by atoms with Crippen LogP contribution in [0.25, 0.3) is 11.0 Å². The van der Waals surface area contributed by atoms with Gasteiger partial charge in [-0.05, 0) is 52.0 Å². The van der Waals surface area contributed by atoms with E-state index < -0.39 is 27.8 Å². The third kappa shape index (κ3) is 3.77. The van der Waals surface area contributed by atoms with Crippen LogP contribution < -0.4 is 4.72 Å². The molecule has 3 nitrogen and oxygen atoms in total. The van der Waals surface area contributed by atoms with Crippen molar-refractivity contribution in [3.8, 4) is 0 Å². The zero-order valence-electron chi connectivity index (χ0n) is 12.7. The molecule has 22 heavy (non-hydrogen) atoms. The van der Waals surface area contributed by atoms with Crippen LogP contribution in [0.1, 0.15) is 45.1 Å². The molecular formula is C15H18F3NO2S. The van der Waals surface area contributed by atoms with E-state index in [4.69, 9.17) is 4.42 Å². The van der Waals surface area contributed by atoms with Gasteiger partial charge in [0.2, 0.25) is 0 Å². The Morgan fingerprint density at radius 1 is 1.18 bits per heavy atom. The molecule has 1 N–H and O–H groups in total. The summed E-state index contributed by atoms with van der Waals surface area (Å²) in [5.41, 5.74) is -0.343. The lowest BCUT2D eigenvalue weighted by Gasteiger charge is -2.25. The van der Waals surface area contributed by atoms with Crippen molar-refractivity contribution in [3.63, 3.8) is 0 Å². The quantitative estimate of drug-likeness (QED) is 0.837. The molecule has 122 valence electrons. The summed E-state index contributed by atoms with van der Waals surface area (Å²) in [6.07, 6.45) is -4.39. The third-order valence-electron chi connectivity index (χ3n) is 3.13. The number of halogens is 3. The van der Waals surface area contributed by atoms with E-state index in [0.717, 1.165) is 12.1 Å². The van der Waals surface area contributed by atoms with Gasteiger partial charge in [0.1, 0.15) is 22.1 Å². The number of furan rings is 1.